The highest BCUT2D eigenvalue weighted by Gasteiger charge is 2.22. The van der Waals surface area contributed by atoms with Crippen LogP contribution in [0.1, 0.15) is 135 Å². The van der Waals surface area contributed by atoms with Crippen molar-refractivity contribution in [2.24, 2.45) is 0 Å². The standard InChI is InChI=1S/C26H28N4O2.C26H26N4O2.C15H17N3O.C11H10ClNO.6C2H6/c2*31-25(23-19-27-24-6-2-1-5-22(23)24)12-14-28-15-17-29(18-16-28)20-8-10-21(11-9-20)30-13-4-3-7-26(30)32;19-15-3-1-2-10-18(15)14-6-4-13(5-7-14)17-11-8-16-9-12-17;12-6-5-11(14)9-7-13-10-4-2-1-3-8(9)10;6*1-2/h1-11,13,19,25,27,31H,12,14-18H2;1-11,13,19,27H,12,14-18H2;1-7,10,16H,8-9,11-12H2;1-4,7,13H,5-6H2;6*1-2H3. The second-order valence-electron chi connectivity index (χ2n) is 24.3. The van der Waals surface area contributed by atoms with Gasteiger partial charge in [0.1, 0.15) is 0 Å². The van der Waals surface area contributed by atoms with Crippen LogP contribution < -0.4 is 36.7 Å². The monoisotopic (exact) mass is 1500 g/mol. The number of Topliss-reactive ketones (excluding diaryl/α,β-unsaturated/α-hetero) is 2. The lowest BCUT2D eigenvalue weighted by Crippen LogP contribution is -2.46. The van der Waals surface area contributed by atoms with E-state index in [1.165, 1.54) is 11.4 Å². The van der Waals surface area contributed by atoms with E-state index in [0.717, 1.165) is 170 Å². The molecule has 3 saturated heterocycles. The van der Waals surface area contributed by atoms with Gasteiger partial charge in [-0.25, -0.2) is 0 Å². The SMILES string of the molecule is CC.CC.CC.CC.CC.CC.O=C(CCCl)c1c[nH]c2ccccc12.O=C(CCN1CCN(c2ccc(-n3ccccc3=O)cc2)CC1)c1c[nH]c2ccccc12.O=c1ccccn1-c1ccc(N2CCN(CCC(O)c3c[nH]c4ccccc34)CC2)cc1.O=c1ccccn1-c1ccc(N2CCNCC2)cc1. The lowest BCUT2D eigenvalue weighted by molar-refractivity contribution is 0.0962. The minimum Gasteiger partial charge on any atom is -0.388 e. The Labute approximate surface area is 650 Å². The number of nitrogens with zero attached hydrogens (tertiary/aromatic N) is 8. The van der Waals surface area contributed by atoms with Crippen LogP contribution in [0.2, 0.25) is 0 Å². The maximum absolute atomic E-state index is 12.7. The van der Waals surface area contributed by atoms with Crippen molar-refractivity contribution >= 4 is 72.9 Å². The summed E-state index contributed by atoms with van der Waals surface area (Å²) in [6.45, 7) is 37.3. The minimum atomic E-state index is -0.460. The molecule has 15 rings (SSSR count). The van der Waals surface area contributed by atoms with Crippen LogP contribution in [0.3, 0.4) is 0 Å². The molecule has 0 aliphatic carbocycles. The quantitative estimate of drug-likeness (QED) is 0.0428. The van der Waals surface area contributed by atoms with Gasteiger partial charge in [0.25, 0.3) is 16.7 Å². The first-order valence-corrected chi connectivity index (χ1v) is 39.8. The summed E-state index contributed by atoms with van der Waals surface area (Å²) in [4.78, 5) is 81.5. The summed E-state index contributed by atoms with van der Waals surface area (Å²) in [5, 5.41) is 17.1. The van der Waals surface area contributed by atoms with Crippen molar-refractivity contribution in [1.82, 2.24) is 43.8 Å². The van der Waals surface area contributed by atoms with Gasteiger partial charge in [-0.2, -0.15) is 0 Å². The predicted molar refractivity (Wildman–Crippen MR) is 460 cm³/mol. The molecule has 0 saturated carbocycles. The number of ketones is 2. The highest BCUT2D eigenvalue weighted by Crippen LogP contribution is 2.28. The highest BCUT2D eigenvalue weighted by atomic mass is 35.5. The van der Waals surface area contributed by atoms with Crippen molar-refractivity contribution in [1.29, 1.82) is 0 Å². The lowest BCUT2D eigenvalue weighted by Gasteiger charge is -2.36. The highest BCUT2D eigenvalue weighted by molar-refractivity contribution is 6.20. The number of para-hydroxylation sites is 3. The molecule has 3 aliphatic rings. The number of aromatic amines is 3. The Morgan fingerprint density at radius 1 is 0.367 bits per heavy atom. The molecule has 0 spiro atoms. The first-order valence-electron chi connectivity index (χ1n) is 39.3. The first-order chi connectivity index (χ1) is 53.5. The number of carbonyl (C=O) groups excluding carboxylic acids is 2. The van der Waals surface area contributed by atoms with E-state index in [-0.39, 0.29) is 28.2 Å². The minimum absolute atomic E-state index is 0.00239. The van der Waals surface area contributed by atoms with Crippen molar-refractivity contribution < 1.29 is 14.7 Å². The summed E-state index contributed by atoms with van der Waals surface area (Å²) < 4.78 is 4.95. The number of rotatable bonds is 17. The molecule has 0 bridgehead atoms. The van der Waals surface area contributed by atoms with Gasteiger partial charge in [-0.15, -0.1) is 11.6 Å². The second kappa shape index (κ2) is 48.1. The van der Waals surface area contributed by atoms with Gasteiger partial charge in [-0.05, 0) is 116 Å². The van der Waals surface area contributed by atoms with E-state index >= 15 is 0 Å². The molecular formula is C90H117ClN12O6. The zero-order valence-corrected chi connectivity index (χ0v) is 67.0. The molecule has 18 nitrogen and oxygen atoms in total. The van der Waals surface area contributed by atoms with Crippen LogP contribution in [0.15, 0.2) is 252 Å². The summed E-state index contributed by atoms with van der Waals surface area (Å²) in [6.07, 6.45) is 12.1. The number of halogens is 1. The summed E-state index contributed by atoms with van der Waals surface area (Å²) in [5.74, 6) is 0.660. The first kappa shape index (κ1) is 87.6. The smallest absolute Gasteiger partial charge is 0.255 e. The van der Waals surface area contributed by atoms with Gasteiger partial charge in [0.2, 0.25) is 0 Å². The van der Waals surface area contributed by atoms with Gasteiger partial charge >= 0.3 is 0 Å². The molecule has 109 heavy (non-hydrogen) atoms. The number of fused-ring (bicyclic) bond motifs is 3. The van der Waals surface area contributed by atoms with Crippen LogP contribution in [0, 0.1) is 0 Å². The fourth-order valence-electron chi connectivity index (χ4n) is 12.8. The van der Waals surface area contributed by atoms with E-state index in [9.17, 15) is 29.1 Å². The molecule has 9 heterocycles. The van der Waals surface area contributed by atoms with Gasteiger partial charge in [-0.1, -0.05) is 156 Å². The summed E-state index contributed by atoms with van der Waals surface area (Å²) in [5.41, 5.74) is 11.7. The number of hydrogen-bond donors (Lipinski definition) is 5. The van der Waals surface area contributed by atoms with Crippen molar-refractivity contribution in [3.05, 3.63) is 285 Å². The third-order valence-corrected chi connectivity index (χ3v) is 18.5. The van der Waals surface area contributed by atoms with Gasteiger partial charge in [-0.3, -0.25) is 47.5 Å². The molecule has 6 aromatic carbocycles. The van der Waals surface area contributed by atoms with Crippen LogP contribution >= 0.6 is 11.6 Å². The topological polar surface area (TPSA) is 196 Å². The number of aliphatic hydroxyl groups excluding tert-OH is 1. The zero-order chi connectivity index (χ0) is 78.9. The van der Waals surface area contributed by atoms with Crippen LogP contribution in [0.4, 0.5) is 17.1 Å². The van der Waals surface area contributed by atoms with Crippen molar-refractivity contribution in [3.8, 4) is 17.1 Å². The summed E-state index contributed by atoms with van der Waals surface area (Å²) in [7, 11) is 0. The van der Waals surface area contributed by atoms with Crippen molar-refractivity contribution in [3.63, 3.8) is 0 Å². The Hall–Kier alpha value is -10.3. The molecular weight excluding hydrogens is 1380 g/mol. The molecule has 5 N–H and O–H groups in total. The van der Waals surface area contributed by atoms with Crippen molar-refractivity contribution in [2.75, 3.05) is 112 Å². The number of aliphatic hydroxyl groups is 1. The van der Waals surface area contributed by atoms with E-state index in [1.54, 1.807) is 74.9 Å². The number of pyridine rings is 3. The van der Waals surface area contributed by atoms with Crippen LogP contribution in [-0.2, 0) is 0 Å². The van der Waals surface area contributed by atoms with Gasteiger partial charge in [0.15, 0.2) is 11.6 Å². The molecule has 19 heteroatoms. The maximum Gasteiger partial charge on any atom is 0.255 e. The fraction of sp³-hybridized carbons (Fsp3) is 0.344. The van der Waals surface area contributed by atoms with E-state index in [0.29, 0.717) is 18.7 Å². The molecule has 0 radical (unpaired) electrons. The molecule has 12 aromatic rings. The maximum atomic E-state index is 12.7. The number of anilines is 3. The largest absolute Gasteiger partial charge is 0.388 e. The predicted octanol–water partition coefficient (Wildman–Crippen LogP) is 17.7. The van der Waals surface area contributed by atoms with Crippen LogP contribution in [-0.4, -0.2) is 153 Å². The van der Waals surface area contributed by atoms with Gasteiger partial charge in [0.05, 0.1) is 6.10 Å². The van der Waals surface area contributed by atoms with Gasteiger partial charge in [0, 0.05) is 249 Å². The Morgan fingerprint density at radius 2 is 0.679 bits per heavy atom. The van der Waals surface area contributed by atoms with E-state index in [1.807, 2.05) is 217 Å². The Balaban J connectivity index is 0.000000225. The number of aromatic nitrogens is 6. The molecule has 580 valence electrons. The normalized spacial score (nSPS) is 13.4. The number of alkyl halides is 1. The average Bonchev–Trinajstić information content (AvgIpc) is 1.82. The molecule has 3 fully saturated rings. The number of benzene rings is 6. The number of H-pyrrole nitrogens is 3. The van der Waals surface area contributed by atoms with Crippen molar-refractivity contribution in [2.45, 2.75) is 108 Å². The molecule has 6 aromatic heterocycles. The van der Waals surface area contributed by atoms with Gasteiger partial charge < -0.3 is 40.1 Å². The molecule has 1 unspecified atom stereocenters. The molecule has 1 atom stereocenters. The van der Waals surface area contributed by atoms with Crippen LogP contribution in [0.25, 0.3) is 49.8 Å². The lowest BCUT2D eigenvalue weighted by atomic mass is 10.1. The number of nitrogens with one attached hydrogen (secondary N) is 4. The third-order valence-electron chi connectivity index (χ3n) is 18.3. The average molecular weight is 1500 g/mol. The fourth-order valence-corrected chi connectivity index (χ4v) is 13.0. The number of hydrogen-bond acceptors (Lipinski definition) is 12. The zero-order valence-electron chi connectivity index (χ0n) is 66.3. The Morgan fingerprint density at radius 3 is 1.06 bits per heavy atom. The third kappa shape index (κ3) is 24.8. The Kier molecular flexibility index (Phi) is 38.7. The summed E-state index contributed by atoms with van der Waals surface area (Å²) in [6, 6.07) is 63.8. The van der Waals surface area contributed by atoms with E-state index in [4.69, 9.17) is 11.6 Å². The van der Waals surface area contributed by atoms with E-state index in [2.05, 4.69) is 87.2 Å². The van der Waals surface area contributed by atoms with E-state index < -0.39 is 6.10 Å². The summed E-state index contributed by atoms with van der Waals surface area (Å²) >= 11 is 5.53. The number of piperazine rings is 3. The van der Waals surface area contributed by atoms with Crippen LogP contribution in [0.5, 0.6) is 0 Å². The molecule has 3 aliphatic heterocycles. The Bertz CT molecular complexity index is 4730. The second-order valence-corrected chi connectivity index (χ2v) is 24.7. The number of carbonyl (C=O) groups is 2. The molecule has 0 amide bonds.